The molecule has 18 heavy (non-hydrogen) atoms. The van der Waals surface area contributed by atoms with E-state index in [0.717, 1.165) is 0 Å². The Morgan fingerprint density at radius 1 is 0.889 bits per heavy atom. The van der Waals surface area contributed by atoms with Crippen molar-refractivity contribution < 1.29 is 19.1 Å². The highest BCUT2D eigenvalue weighted by molar-refractivity contribution is 5.88. The predicted molar refractivity (Wildman–Crippen MR) is 63.9 cm³/mol. The molecule has 102 valence electrons. The molecule has 2 aliphatic heterocycles. The highest BCUT2D eigenvalue weighted by Crippen LogP contribution is 2.19. The maximum Gasteiger partial charge on any atom is 0.325 e. The molecule has 0 aliphatic carbocycles. The third-order valence-electron chi connectivity index (χ3n) is 3.08. The van der Waals surface area contributed by atoms with E-state index in [1.165, 1.54) is 0 Å². The van der Waals surface area contributed by atoms with E-state index in [9.17, 15) is 9.59 Å². The second-order valence-electron chi connectivity index (χ2n) is 6.23. The molecule has 0 amide bonds. The Hall–Kier alpha value is -1.14. The Bertz CT molecular complexity index is 342. The van der Waals surface area contributed by atoms with Crippen molar-refractivity contribution in [2.45, 2.75) is 50.9 Å². The zero-order chi connectivity index (χ0) is 13.6. The van der Waals surface area contributed by atoms with Gasteiger partial charge in [-0.2, -0.15) is 0 Å². The minimum absolute atomic E-state index is 0.299. The van der Waals surface area contributed by atoms with Crippen LogP contribution in [0, 0.1) is 0 Å². The van der Waals surface area contributed by atoms with Gasteiger partial charge < -0.3 is 9.47 Å². The SMILES string of the molecule is CC1(C)COC(=O)C(C2NC(C)(C)COC2=O)N1. The summed E-state index contributed by atoms with van der Waals surface area (Å²) in [5.74, 6) is -0.831. The normalized spacial score (nSPS) is 34.7. The van der Waals surface area contributed by atoms with Crippen LogP contribution in [-0.4, -0.2) is 48.3 Å². The molecular weight excluding hydrogens is 236 g/mol. The van der Waals surface area contributed by atoms with Gasteiger partial charge in [-0.15, -0.1) is 0 Å². The fourth-order valence-electron chi connectivity index (χ4n) is 2.16. The second-order valence-corrected chi connectivity index (χ2v) is 6.23. The summed E-state index contributed by atoms with van der Waals surface area (Å²) >= 11 is 0. The highest BCUT2D eigenvalue weighted by Gasteiger charge is 2.47. The molecular formula is C12H20N2O4. The Morgan fingerprint density at radius 3 is 1.56 bits per heavy atom. The van der Waals surface area contributed by atoms with Crippen LogP contribution in [0.15, 0.2) is 0 Å². The number of hydrogen-bond donors (Lipinski definition) is 2. The van der Waals surface area contributed by atoms with E-state index in [0.29, 0.717) is 13.2 Å². The van der Waals surface area contributed by atoms with Crippen LogP contribution in [0.4, 0.5) is 0 Å². The molecule has 2 N–H and O–H groups in total. The van der Waals surface area contributed by atoms with Gasteiger partial charge >= 0.3 is 11.9 Å². The summed E-state index contributed by atoms with van der Waals surface area (Å²) in [6, 6.07) is -1.42. The van der Waals surface area contributed by atoms with Crippen LogP contribution in [0.2, 0.25) is 0 Å². The molecule has 0 spiro atoms. The summed E-state index contributed by atoms with van der Waals surface area (Å²) in [6.07, 6.45) is 0. The van der Waals surface area contributed by atoms with Crippen molar-refractivity contribution in [3.8, 4) is 0 Å². The van der Waals surface area contributed by atoms with Gasteiger partial charge in [-0.25, -0.2) is 0 Å². The number of carbonyl (C=O) groups excluding carboxylic acids is 2. The van der Waals surface area contributed by atoms with Gasteiger partial charge in [-0.3, -0.25) is 20.2 Å². The zero-order valence-corrected chi connectivity index (χ0v) is 11.2. The van der Waals surface area contributed by atoms with Crippen LogP contribution >= 0.6 is 0 Å². The molecule has 0 aromatic carbocycles. The summed E-state index contributed by atoms with van der Waals surface area (Å²) in [7, 11) is 0. The Balaban J connectivity index is 2.17. The topological polar surface area (TPSA) is 76.7 Å². The summed E-state index contributed by atoms with van der Waals surface area (Å²) in [5.41, 5.74) is -0.690. The van der Waals surface area contributed by atoms with Gasteiger partial charge in [0.05, 0.1) is 0 Å². The molecule has 2 aliphatic rings. The molecule has 2 heterocycles. The van der Waals surface area contributed by atoms with E-state index in [1.54, 1.807) is 0 Å². The molecule has 0 radical (unpaired) electrons. The van der Waals surface area contributed by atoms with Crippen molar-refractivity contribution in [3.63, 3.8) is 0 Å². The Labute approximate surface area is 106 Å². The number of cyclic esters (lactones) is 2. The smallest absolute Gasteiger partial charge is 0.325 e. The molecule has 2 fully saturated rings. The lowest BCUT2D eigenvalue weighted by Crippen LogP contribution is -2.71. The fourth-order valence-corrected chi connectivity index (χ4v) is 2.16. The number of carbonyl (C=O) groups is 2. The minimum Gasteiger partial charge on any atom is -0.463 e. The lowest BCUT2D eigenvalue weighted by Gasteiger charge is -2.43. The van der Waals surface area contributed by atoms with E-state index in [2.05, 4.69) is 10.6 Å². The number of hydrogen-bond acceptors (Lipinski definition) is 6. The first-order chi connectivity index (χ1) is 8.20. The number of morpholine rings is 2. The lowest BCUT2D eigenvalue weighted by molar-refractivity contribution is -0.167. The predicted octanol–water partition coefficient (Wildman–Crippen LogP) is -0.426. The summed E-state index contributed by atoms with van der Waals surface area (Å²) in [5, 5.41) is 6.28. The summed E-state index contributed by atoms with van der Waals surface area (Å²) in [6.45, 7) is 8.29. The first kappa shape index (κ1) is 13.3. The van der Waals surface area contributed by atoms with Gasteiger partial charge in [0, 0.05) is 11.1 Å². The highest BCUT2D eigenvalue weighted by atomic mass is 16.5. The van der Waals surface area contributed by atoms with E-state index in [-0.39, 0.29) is 11.1 Å². The number of nitrogens with one attached hydrogen (secondary N) is 2. The van der Waals surface area contributed by atoms with Gasteiger partial charge in [-0.1, -0.05) is 0 Å². The van der Waals surface area contributed by atoms with Crippen molar-refractivity contribution >= 4 is 11.9 Å². The van der Waals surface area contributed by atoms with Gasteiger partial charge in [-0.05, 0) is 27.7 Å². The van der Waals surface area contributed by atoms with Gasteiger partial charge in [0.15, 0.2) is 0 Å². The molecule has 0 saturated carbocycles. The van der Waals surface area contributed by atoms with Crippen molar-refractivity contribution in [2.75, 3.05) is 13.2 Å². The molecule has 2 unspecified atom stereocenters. The third kappa shape index (κ3) is 2.64. The van der Waals surface area contributed by atoms with Crippen molar-refractivity contribution in [1.29, 1.82) is 0 Å². The van der Waals surface area contributed by atoms with Crippen LogP contribution in [-0.2, 0) is 19.1 Å². The van der Waals surface area contributed by atoms with Gasteiger partial charge in [0.1, 0.15) is 25.3 Å². The molecule has 2 atom stereocenters. The fraction of sp³-hybridized carbons (Fsp3) is 0.833. The van der Waals surface area contributed by atoms with Crippen LogP contribution in [0.5, 0.6) is 0 Å². The minimum atomic E-state index is -0.708. The number of rotatable bonds is 1. The lowest BCUT2D eigenvalue weighted by atomic mass is 9.94. The molecule has 6 nitrogen and oxygen atoms in total. The molecule has 0 aromatic heterocycles. The number of ether oxygens (including phenoxy) is 2. The molecule has 6 heteroatoms. The van der Waals surface area contributed by atoms with E-state index in [4.69, 9.17) is 9.47 Å². The molecule has 2 saturated heterocycles. The Kier molecular flexibility index (Phi) is 3.11. The summed E-state index contributed by atoms with van der Waals surface area (Å²) < 4.78 is 10.3. The number of esters is 2. The van der Waals surface area contributed by atoms with Crippen LogP contribution in [0.3, 0.4) is 0 Å². The maximum atomic E-state index is 11.8. The van der Waals surface area contributed by atoms with Crippen LogP contribution in [0.25, 0.3) is 0 Å². The van der Waals surface area contributed by atoms with E-state index < -0.39 is 24.0 Å². The maximum absolute atomic E-state index is 11.8. The first-order valence-electron chi connectivity index (χ1n) is 6.09. The van der Waals surface area contributed by atoms with E-state index in [1.807, 2.05) is 27.7 Å². The van der Waals surface area contributed by atoms with Crippen molar-refractivity contribution in [3.05, 3.63) is 0 Å². The first-order valence-corrected chi connectivity index (χ1v) is 6.09. The standard InChI is InChI=1S/C12H20N2O4/c1-11(2)5-17-9(15)7(13-11)8-10(16)18-6-12(3,4)14-8/h7-8,13-14H,5-6H2,1-4H3. The van der Waals surface area contributed by atoms with Crippen molar-refractivity contribution in [2.24, 2.45) is 0 Å². The largest absolute Gasteiger partial charge is 0.463 e. The quantitative estimate of drug-likeness (QED) is 0.620. The van der Waals surface area contributed by atoms with Gasteiger partial charge in [0.25, 0.3) is 0 Å². The van der Waals surface area contributed by atoms with E-state index >= 15 is 0 Å². The average Bonchev–Trinajstić information content (AvgIpc) is 2.25. The zero-order valence-electron chi connectivity index (χ0n) is 11.2. The second kappa shape index (κ2) is 4.20. The summed E-state index contributed by atoms with van der Waals surface area (Å²) in [4.78, 5) is 23.6. The van der Waals surface area contributed by atoms with Crippen LogP contribution < -0.4 is 10.6 Å². The Morgan fingerprint density at radius 2 is 1.22 bits per heavy atom. The average molecular weight is 256 g/mol. The van der Waals surface area contributed by atoms with Gasteiger partial charge in [0.2, 0.25) is 0 Å². The third-order valence-corrected chi connectivity index (χ3v) is 3.08. The molecule has 0 bridgehead atoms. The van der Waals surface area contributed by atoms with Crippen LogP contribution in [0.1, 0.15) is 27.7 Å². The monoisotopic (exact) mass is 256 g/mol. The molecule has 2 rings (SSSR count). The van der Waals surface area contributed by atoms with Crippen molar-refractivity contribution in [1.82, 2.24) is 10.6 Å². The molecule has 0 aromatic rings.